The first-order valence-corrected chi connectivity index (χ1v) is 8.60. The molecule has 0 saturated carbocycles. The van der Waals surface area contributed by atoms with Gasteiger partial charge in [0.2, 0.25) is 0 Å². The number of aromatic nitrogens is 3. The lowest BCUT2D eigenvalue weighted by atomic mass is 10.1. The van der Waals surface area contributed by atoms with E-state index in [2.05, 4.69) is 10.1 Å². The average Bonchev–Trinajstić information content (AvgIpc) is 3.18. The first-order valence-electron chi connectivity index (χ1n) is 8.60. The smallest absolute Gasteiger partial charge is 0.273 e. The molecule has 0 bridgehead atoms. The zero-order valence-electron chi connectivity index (χ0n) is 15.6. The molecule has 0 aliphatic carbocycles. The topological polar surface area (TPSA) is 112 Å². The van der Waals surface area contributed by atoms with E-state index in [4.69, 9.17) is 9.47 Å². The van der Waals surface area contributed by atoms with Gasteiger partial charge in [0.05, 0.1) is 30.5 Å². The number of benzene rings is 2. The highest BCUT2D eigenvalue weighted by Gasteiger charge is 2.12. The van der Waals surface area contributed by atoms with Gasteiger partial charge in [-0.05, 0) is 30.3 Å². The summed E-state index contributed by atoms with van der Waals surface area (Å²) in [6.45, 7) is 0. The van der Waals surface area contributed by atoms with E-state index < -0.39 is 4.92 Å². The molecule has 0 aliphatic heterocycles. The molecule has 9 nitrogen and oxygen atoms in total. The summed E-state index contributed by atoms with van der Waals surface area (Å²) in [5.41, 5.74) is 2.63. The summed E-state index contributed by atoms with van der Waals surface area (Å²) in [5.74, 6) is 1.17. The van der Waals surface area contributed by atoms with Crippen LogP contribution in [-0.2, 0) is 0 Å². The van der Waals surface area contributed by atoms with Gasteiger partial charge in [0.15, 0.2) is 17.1 Å². The van der Waals surface area contributed by atoms with Gasteiger partial charge >= 0.3 is 0 Å². The Hall–Kier alpha value is -4.14. The second-order valence-electron chi connectivity index (χ2n) is 6.22. The molecule has 1 N–H and O–H groups in total. The van der Waals surface area contributed by atoms with Crippen LogP contribution in [0.2, 0.25) is 0 Å². The van der Waals surface area contributed by atoms with Crippen molar-refractivity contribution in [2.24, 2.45) is 0 Å². The molecule has 29 heavy (non-hydrogen) atoms. The van der Waals surface area contributed by atoms with Crippen LogP contribution < -0.4 is 15.0 Å². The van der Waals surface area contributed by atoms with Crippen molar-refractivity contribution in [3.05, 3.63) is 75.1 Å². The van der Waals surface area contributed by atoms with Gasteiger partial charge in [-0.1, -0.05) is 0 Å². The van der Waals surface area contributed by atoms with Crippen molar-refractivity contribution in [3.63, 3.8) is 0 Å². The third-order valence-corrected chi connectivity index (χ3v) is 4.52. The second kappa shape index (κ2) is 7.12. The maximum Gasteiger partial charge on any atom is 0.273 e. The Balaban J connectivity index is 1.78. The number of aromatic amines is 1. The summed E-state index contributed by atoms with van der Waals surface area (Å²) in [5, 5.41) is 13.8. The van der Waals surface area contributed by atoms with E-state index in [-0.39, 0.29) is 11.2 Å². The second-order valence-corrected chi connectivity index (χ2v) is 6.22. The standard InChI is InChI=1S/C20H16N4O5/c1-28-17-8-5-13(9-18(17)29-2)16-10-19-21-15(11-20(25)23(19)22-16)12-3-6-14(7-4-12)24(26)27/h3-11,22H,1-2H3. The third-order valence-electron chi connectivity index (χ3n) is 4.52. The normalized spacial score (nSPS) is 10.8. The Morgan fingerprint density at radius 1 is 0.966 bits per heavy atom. The van der Waals surface area contributed by atoms with Gasteiger partial charge in [0.25, 0.3) is 11.2 Å². The first-order chi connectivity index (χ1) is 14.0. The fourth-order valence-electron chi connectivity index (χ4n) is 3.04. The molecule has 4 rings (SSSR count). The maximum absolute atomic E-state index is 12.6. The summed E-state index contributed by atoms with van der Waals surface area (Å²) in [7, 11) is 3.11. The lowest BCUT2D eigenvalue weighted by Crippen LogP contribution is -2.14. The lowest BCUT2D eigenvalue weighted by Gasteiger charge is -2.08. The van der Waals surface area contributed by atoms with E-state index >= 15 is 0 Å². The lowest BCUT2D eigenvalue weighted by molar-refractivity contribution is -0.384. The minimum Gasteiger partial charge on any atom is -0.493 e. The van der Waals surface area contributed by atoms with Crippen molar-refractivity contribution in [2.45, 2.75) is 0 Å². The zero-order valence-corrected chi connectivity index (χ0v) is 15.6. The fraction of sp³-hybridized carbons (Fsp3) is 0.100. The average molecular weight is 392 g/mol. The number of nitro groups is 1. The van der Waals surface area contributed by atoms with E-state index in [1.165, 1.54) is 22.7 Å². The van der Waals surface area contributed by atoms with E-state index in [1.807, 2.05) is 6.07 Å². The highest BCUT2D eigenvalue weighted by Crippen LogP contribution is 2.32. The predicted octanol–water partition coefficient (Wildman–Crippen LogP) is 3.28. The van der Waals surface area contributed by atoms with Crippen molar-refractivity contribution in [2.75, 3.05) is 14.2 Å². The van der Waals surface area contributed by atoms with Gasteiger partial charge in [-0.2, -0.15) is 0 Å². The number of hydrogen-bond acceptors (Lipinski definition) is 6. The van der Waals surface area contributed by atoms with Crippen LogP contribution in [0.3, 0.4) is 0 Å². The molecule has 9 heteroatoms. The minimum atomic E-state index is -0.475. The first kappa shape index (κ1) is 18.2. The quantitative estimate of drug-likeness (QED) is 0.412. The Morgan fingerprint density at radius 2 is 1.66 bits per heavy atom. The van der Waals surface area contributed by atoms with Crippen LogP contribution >= 0.6 is 0 Å². The summed E-state index contributed by atoms with van der Waals surface area (Å²) >= 11 is 0. The minimum absolute atomic E-state index is 0.0241. The number of nitrogens with one attached hydrogen (secondary N) is 1. The highest BCUT2D eigenvalue weighted by molar-refractivity contribution is 5.69. The summed E-state index contributed by atoms with van der Waals surface area (Å²) < 4.78 is 11.9. The Bertz CT molecular complexity index is 1270. The Kier molecular flexibility index (Phi) is 4.47. The number of fused-ring (bicyclic) bond motifs is 1. The van der Waals surface area contributed by atoms with E-state index in [9.17, 15) is 14.9 Å². The van der Waals surface area contributed by atoms with E-state index in [0.29, 0.717) is 34.1 Å². The molecule has 2 aromatic carbocycles. The van der Waals surface area contributed by atoms with Crippen molar-refractivity contribution in [3.8, 4) is 34.0 Å². The van der Waals surface area contributed by atoms with E-state index in [1.54, 1.807) is 44.6 Å². The van der Waals surface area contributed by atoms with Gasteiger partial charge in [0, 0.05) is 35.4 Å². The summed E-state index contributed by atoms with van der Waals surface area (Å²) in [6, 6.07) is 14.4. The van der Waals surface area contributed by atoms with Crippen molar-refractivity contribution < 1.29 is 14.4 Å². The van der Waals surface area contributed by atoms with Gasteiger partial charge in [0.1, 0.15) is 0 Å². The molecule has 2 heterocycles. The van der Waals surface area contributed by atoms with Crippen LogP contribution in [0.15, 0.2) is 59.4 Å². The van der Waals surface area contributed by atoms with Crippen LogP contribution in [0.1, 0.15) is 0 Å². The van der Waals surface area contributed by atoms with Gasteiger partial charge in [-0.3, -0.25) is 20.0 Å². The fourth-order valence-corrected chi connectivity index (χ4v) is 3.04. The number of nitrogens with zero attached hydrogens (tertiary/aromatic N) is 3. The summed E-state index contributed by atoms with van der Waals surface area (Å²) in [4.78, 5) is 27.4. The molecule has 0 aliphatic rings. The number of ether oxygens (including phenoxy) is 2. The Labute approximate surface area is 164 Å². The SMILES string of the molecule is COc1ccc(-c2cc3nc(-c4ccc([N+](=O)[O-])cc4)cc(=O)n3[nH]2)cc1OC. The van der Waals surface area contributed by atoms with Gasteiger partial charge in [-0.25, -0.2) is 9.50 Å². The predicted molar refractivity (Wildman–Crippen MR) is 106 cm³/mol. The molecule has 2 aromatic heterocycles. The van der Waals surface area contributed by atoms with Gasteiger partial charge < -0.3 is 9.47 Å². The van der Waals surface area contributed by atoms with Crippen molar-refractivity contribution >= 4 is 11.3 Å². The molecule has 4 aromatic rings. The Morgan fingerprint density at radius 3 is 2.31 bits per heavy atom. The van der Waals surface area contributed by atoms with Crippen LogP contribution in [0, 0.1) is 10.1 Å². The van der Waals surface area contributed by atoms with Crippen LogP contribution in [0.5, 0.6) is 11.5 Å². The molecule has 0 radical (unpaired) electrons. The molecular formula is C20H16N4O5. The molecule has 0 atom stereocenters. The van der Waals surface area contributed by atoms with Crippen LogP contribution in [0.4, 0.5) is 5.69 Å². The van der Waals surface area contributed by atoms with Crippen molar-refractivity contribution in [1.82, 2.24) is 14.6 Å². The van der Waals surface area contributed by atoms with Gasteiger partial charge in [-0.15, -0.1) is 0 Å². The van der Waals surface area contributed by atoms with E-state index in [0.717, 1.165) is 5.56 Å². The summed E-state index contributed by atoms with van der Waals surface area (Å²) in [6.07, 6.45) is 0. The number of non-ortho nitro benzene ring substituents is 1. The largest absolute Gasteiger partial charge is 0.493 e. The number of rotatable bonds is 5. The number of hydrogen-bond donors (Lipinski definition) is 1. The number of nitro benzene ring substituents is 1. The molecule has 0 amide bonds. The molecule has 0 saturated heterocycles. The molecule has 146 valence electrons. The molecule has 0 spiro atoms. The molecule has 0 fully saturated rings. The molecular weight excluding hydrogens is 376 g/mol. The maximum atomic E-state index is 12.6. The number of methoxy groups -OCH3 is 2. The van der Waals surface area contributed by atoms with Crippen LogP contribution in [-0.4, -0.2) is 33.7 Å². The zero-order chi connectivity index (χ0) is 20.5. The highest BCUT2D eigenvalue weighted by atomic mass is 16.6. The monoisotopic (exact) mass is 392 g/mol. The number of H-pyrrole nitrogens is 1. The molecule has 0 unspecified atom stereocenters. The van der Waals surface area contributed by atoms with Crippen LogP contribution in [0.25, 0.3) is 28.2 Å². The third kappa shape index (κ3) is 3.29. The van der Waals surface area contributed by atoms with Crippen molar-refractivity contribution in [1.29, 1.82) is 0 Å².